The number of ether oxygens (including phenoxy) is 1. The van der Waals surface area contributed by atoms with E-state index in [2.05, 4.69) is 0 Å². The lowest BCUT2D eigenvalue weighted by molar-refractivity contribution is 0.176. The molecule has 0 saturated carbocycles. The van der Waals surface area contributed by atoms with Crippen molar-refractivity contribution in [2.24, 2.45) is 0 Å². The van der Waals surface area contributed by atoms with Gasteiger partial charge in [-0.25, -0.2) is 8.78 Å². The van der Waals surface area contributed by atoms with Crippen molar-refractivity contribution in [3.8, 4) is 5.75 Å². The van der Waals surface area contributed by atoms with Gasteiger partial charge < -0.3 is 9.84 Å². The summed E-state index contributed by atoms with van der Waals surface area (Å²) >= 11 is 0. The Hall–Kier alpha value is -1.94. The number of aliphatic hydroxyl groups excluding tert-OH is 1. The third kappa shape index (κ3) is 4.02. The first kappa shape index (κ1) is 15.4. The molecule has 0 saturated heterocycles. The Morgan fingerprint density at radius 3 is 2.67 bits per heavy atom. The van der Waals surface area contributed by atoms with E-state index in [0.29, 0.717) is 17.9 Å². The molecule has 2 nitrogen and oxygen atoms in total. The Morgan fingerprint density at radius 1 is 1.14 bits per heavy atom. The molecule has 1 atom stereocenters. The zero-order valence-electron chi connectivity index (χ0n) is 11.9. The summed E-state index contributed by atoms with van der Waals surface area (Å²) in [4.78, 5) is 0. The topological polar surface area (TPSA) is 29.5 Å². The number of halogens is 2. The van der Waals surface area contributed by atoms with Crippen LogP contribution in [0.15, 0.2) is 42.5 Å². The van der Waals surface area contributed by atoms with E-state index in [9.17, 15) is 13.9 Å². The minimum atomic E-state index is -0.911. The molecule has 0 radical (unpaired) electrons. The summed E-state index contributed by atoms with van der Waals surface area (Å²) in [6, 6.07) is 11.0. The second kappa shape index (κ2) is 7.18. The van der Waals surface area contributed by atoms with Gasteiger partial charge in [0.05, 0.1) is 12.7 Å². The third-order valence-corrected chi connectivity index (χ3v) is 3.16. The third-order valence-electron chi connectivity index (χ3n) is 3.16. The average Bonchev–Trinajstić information content (AvgIpc) is 2.50. The summed E-state index contributed by atoms with van der Waals surface area (Å²) in [5.41, 5.74) is 0.773. The highest BCUT2D eigenvalue weighted by Gasteiger charge is 2.14. The molecule has 0 amide bonds. The van der Waals surface area contributed by atoms with Crippen molar-refractivity contribution >= 4 is 0 Å². The Labute approximate surface area is 123 Å². The van der Waals surface area contributed by atoms with Crippen LogP contribution in [0.5, 0.6) is 5.75 Å². The van der Waals surface area contributed by atoms with Crippen LogP contribution < -0.4 is 4.74 Å². The first-order valence-electron chi connectivity index (χ1n) is 6.95. The van der Waals surface area contributed by atoms with Crippen LogP contribution in [-0.2, 0) is 6.42 Å². The van der Waals surface area contributed by atoms with Gasteiger partial charge in [-0.15, -0.1) is 0 Å². The summed E-state index contributed by atoms with van der Waals surface area (Å²) in [6.07, 6.45) is -0.00580. The minimum Gasteiger partial charge on any atom is -0.494 e. The number of rotatable bonds is 6. The molecule has 0 aliphatic heterocycles. The second-order valence-electron chi connectivity index (χ2n) is 4.85. The molecule has 1 unspecified atom stereocenters. The van der Waals surface area contributed by atoms with Crippen molar-refractivity contribution in [2.75, 3.05) is 6.61 Å². The van der Waals surface area contributed by atoms with Crippen molar-refractivity contribution in [3.63, 3.8) is 0 Å². The van der Waals surface area contributed by atoms with E-state index in [4.69, 9.17) is 4.74 Å². The molecule has 112 valence electrons. The molecule has 2 rings (SSSR count). The molecule has 0 fully saturated rings. The summed E-state index contributed by atoms with van der Waals surface area (Å²) in [5, 5.41) is 10.2. The highest BCUT2D eigenvalue weighted by molar-refractivity contribution is 5.31. The molecule has 21 heavy (non-hydrogen) atoms. The van der Waals surface area contributed by atoms with E-state index in [1.54, 1.807) is 24.3 Å². The van der Waals surface area contributed by atoms with Crippen LogP contribution in [0, 0.1) is 11.6 Å². The van der Waals surface area contributed by atoms with Crippen molar-refractivity contribution in [2.45, 2.75) is 25.9 Å². The molecular formula is C17H18F2O2. The second-order valence-corrected chi connectivity index (χ2v) is 4.85. The van der Waals surface area contributed by atoms with E-state index in [0.717, 1.165) is 12.5 Å². The number of hydrogen-bond donors (Lipinski definition) is 1. The molecule has 0 aliphatic rings. The Balaban J connectivity index is 2.12. The van der Waals surface area contributed by atoms with Gasteiger partial charge in [0.25, 0.3) is 0 Å². The molecule has 2 aromatic carbocycles. The van der Waals surface area contributed by atoms with Gasteiger partial charge in [-0.2, -0.15) is 0 Å². The van der Waals surface area contributed by atoms with Crippen molar-refractivity contribution in [1.82, 2.24) is 0 Å². The fraction of sp³-hybridized carbons (Fsp3) is 0.294. The van der Waals surface area contributed by atoms with Gasteiger partial charge in [0.1, 0.15) is 5.75 Å². The van der Waals surface area contributed by atoms with Gasteiger partial charge in [0.2, 0.25) is 0 Å². The van der Waals surface area contributed by atoms with Gasteiger partial charge in [-0.1, -0.05) is 31.2 Å². The molecule has 2 aromatic rings. The average molecular weight is 292 g/mol. The number of benzene rings is 2. The normalized spacial score (nSPS) is 12.2. The molecular weight excluding hydrogens is 274 g/mol. The fourth-order valence-corrected chi connectivity index (χ4v) is 2.06. The van der Waals surface area contributed by atoms with Gasteiger partial charge in [-0.3, -0.25) is 0 Å². The van der Waals surface area contributed by atoms with Gasteiger partial charge >= 0.3 is 0 Å². The predicted octanol–water partition coefficient (Wildman–Crippen LogP) is 4.03. The molecule has 4 heteroatoms. The van der Waals surface area contributed by atoms with Gasteiger partial charge in [0.15, 0.2) is 11.6 Å². The monoisotopic (exact) mass is 292 g/mol. The van der Waals surface area contributed by atoms with Crippen molar-refractivity contribution < 1.29 is 18.6 Å². The summed E-state index contributed by atoms with van der Waals surface area (Å²) in [6.45, 7) is 2.60. The van der Waals surface area contributed by atoms with Crippen LogP contribution in [0.1, 0.15) is 30.6 Å². The van der Waals surface area contributed by atoms with E-state index >= 15 is 0 Å². The number of hydrogen-bond acceptors (Lipinski definition) is 2. The predicted molar refractivity (Wildman–Crippen MR) is 77.2 cm³/mol. The van der Waals surface area contributed by atoms with E-state index < -0.39 is 17.7 Å². The van der Waals surface area contributed by atoms with Crippen LogP contribution in [0.25, 0.3) is 0 Å². The first-order chi connectivity index (χ1) is 10.1. The SMILES string of the molecule is CCCOc1cccc(C(O)Cc2cccc(F)c2F)c1. The maximum absolute atomic E-state index is 13.6. The van der Waals surface area contributed by atoms with Crippen LogP contribution in [-0.4, -0.2) is 11.7 Å². The highest BCUT2D eigenvalue weighted by atomic mass is 19.2. The number of aliphatic hydroxyl groups is 1. The quantitative estimate of drug-likeness (QED) is 0.871. The summed E-state index contributed by atoms with van der Waals surface area (Å²) in [7, 11) is 0. The standard InChI is InChI=1S/C17H18F2O2/c1-2-9-21-14-7-3-5-12(10-14)16(20)11-13-6-4-8-15(18)17(13)19/h3-8,10,16,20H,2,9,11H2,1H3. The smallest absolute Gasteiger partial charge is 0.162 e. The summed E-state index contributed by atoms with van der Waals surface area (Å²) in [5.74, 6) is -1.15. The largest absolute Gasteiger partial charge is 0.494 e. The minimum absolute atomic E-state index is 0.0147. The maximum atomic E-state index is 13.6. The molecule has 0 bridgehead atoms. The zero-order valence-corrected chi connectivity index (χ0v) is 11.9. The van der Waals surface area contributed by atoms with Crippen LogP contribution >= 0.6 is 0 Å². The lowest BCUT2D eigenvalue weighted by Crippen LogP contribution is -2.05. The molecule has 0 aromatic heterocycles. The van der Waals surface area contributed by atoms with Crippen LogP contribution in [0.2, 0.25) is 0 Å². The Kier molecular flexibility index (Phi) is 5.28. The first-order valence-corrected chi connectivity index (χ1v) is 6.95. The maximum Gasteiger partial charge on any atom is 0.162 e. The van der Waals surface area contributed by atoms with Gasteiger partial charge in [0, 0.05) is 6.42 Å². The lowest BCUT2D eigenvalue weighted by atomic mass is 10.0. The van der Waals surface area contributed by atoms with Crippen LogP contribution in [0.4, 0.5) is 8.78 Å². The van der Waals surface area contributed by atoms with Crippen LogP contribution in [0.3, 0.4) is 0 Å². The zero-order chi connectivity index (χ0) is 15.2. The Morgan fingerprint density at radius 2 is 1.90 bits per heavy atom. The molecule has 0 spiro atoms. The lowest BCUT2D eigenvalue weighted by Gasteiger charge is -2.13. The molecule has 1 N–H and O–H groups in total. The highest BCUT2D eigenvalue weighted by Crippen LogP contribution is 2.24. The van der Waals surface area contributed by atoms with Gasteiger partial charge in [-0.05, 0) is 35.7 Å². The van der Waals surface area contributed by atoms with Crippen molar-refractivity contribution in [3.05, 3.63) is 65.2 Å². The summed E-state index contributed by atoms with van der Waals surface area (Å²) < 4.78 is 32.3. The molecule has 0 heterocycles. The fourth-order valence-electron chi connectivity index (χ4n) is 2.06. The molecule has 0 aliphatic carbocycles. The van der Waals surface area contributed by atoms with E-state index in [1.807, 2.05) is 6.92 Å². The van der Waals surface area contributed by atoms with Crippen molar-refractivity contribution in [1.29, 1.82) is 0 Å². The van der Waals surface area contributed by atoms with E-state index in [1.165, 1.54) is 12.1 Å². The van der Waals surface area contributed by atoms with E-state index in [-0.39, 0.29) is 12.0 Å². The Bertz CT molecular complexity index is 599.